The van der Waals surface area contributed by atoms with Gasteiger partial charge >= 0.3 is 0 Å². The first kappa shape index (κ1) is 18.0. The van der Waals surface area contributed by atoms with Crippen LogP contribution in [0.15, 0.2) is 78.1 Å². The van der Waals surface area contributed by atoms with Crippen molar-refractivity contribution in [1.29, 1.82) is 0 Å². The van der Waals surface area contributed by atoms with E-state index in [1.807, 2.05) is 65.5 Å². The molecule has 0 spiro atoms. The smallest absolute Gasteiger partial charge is 0.161 e. The maximum Gasteiger partial charge on any atom is 0.161 e. The van der Waals surface area contributed by atoms with Crippen molar-refractivity contribution >= 4 is 28.6 Å². The molecular formula is C22H16ClN3O2S. The summed E-state index contributed by atoms with van der Waals surface area (Å²) in [4.78, 5) is 6.75. The number of benzene rings is 2. The first-order chi connectivity index (χ1) is 14.2. The highest BCUT2D eigenvalue weighted by Crippen LogP contribution is 2.40. The number of aromatic hydroxyl groups is 1. The van der Waals surface area contributed by atoms with Crippen molar-refractivity contribution in [1.82, 2.24) is 9.78 Å². The number of phenols is 1. The van der Waals surface area contributed by atoms with E-state index in [9.17, 15) is 5.11 Å². The number of aromatic nitrogens is 2. The Morgan fingerprint density at radius 1 is 1.03 bits per heavy atom. The van der Waals surface area contributed by atoms with Crippen molar-refractivity contribution in [2.75, 3.05) is 0 Å². The van der Waals surface area contributed by atoms with Gasteiger partial charge in [0, 0.05) is 23.7 Å². The second-order valence-corrected chi connectivity index (χ2v) is 8.39. The van der Waals surface area contributed by atoms with Crippen LogP contribution in [0.3, 0.4) is 0 Å². The normalized spacial score (nSPS) is 15.9. The van der Waals surface area contributed by atoms with Crippen molar-refractivity contribution in [3.63, 3.8) is 0 Å². The van der Waals surface area contributed by atoms with E-state index in [-0.39, 0.29) is 11.9 Å². The second-order valence-electron chi connectivity index (χ2n) is 6.67. The average molecular weight is 422 g/mol. The van der Waals surface area contributed by atoms with E-state index in [4.69, 9.17) is 21.5 Å². The molecule has 2 aromatic carbocycles. The maximum absolute atomic E-state index is 10.2. The third-order valence-electron chi connectivity index (χ3n) is 4.80. The number of phenolic OH excluding ortho intramolecular Hbond substituents is 1. The molecule has 29 heavy (non-hydrogen) atoms. The summed E-state index contributed by atoms with van der Waals surface area (Å²) in [5.74, 6) is 0.195. The van der Waals surface area contributed by atoms with Gasteiger partial charge in [-0.1, -0.05) is 47.1 Å². The van der Waals surface area contributed by atoms with Crippen molar-refractivity contribution in [3.05, 3.63) is 88.4 Å². The van der Waals surface area contributed by atoms with Gasteiger partial charge in [-0.2, -0.15) is 5.10 Å². The largest absolute Gasteiger partial charge is 0.507 e. The van der Waals surface area contributed by atoms with Gasteiger partial charge in [-0.05, 0) is 36.4 Å². The zero-order valence-electron chi connectivity index (χ0n) is 15.2. The Bertz CT molecular complexity index is 1200. The van der Waals surface area contributed by atoms with Crippen LogP contribution >= 0.6 is 22.9 Å². The molecule has 0 aliphatic carbocycles. The zero-order chi connectivity index (χ0) is 19.8. The quantitative estimate of drug-likeness (QED) is 0.451. The van der Waals surface area contributed by atoms with Crippen molar-refractivity contribution in [2.24, 2.45) is 5.16 Å². The first-order valence-corrected chi connectivity index (χ1v) is 10.3. The van der Waals surface area contributed by atoms with Crippen molar-refractivity contribution in [3.8, 4) is 22.0 Å². The van der Waals surface area contributed by atoms with Crippen molar-refractivity contribution < 1.29 is 9.94 Å². The molecule has 0 amide bonds. The first-order valence-electron chi connectivity index (χ1n) is 9.11. The number of oxime groups is 1. The van der Waals surface area contributed by atoms with E-state index in [0.29, 0.717) is 16.3 Å². The molecule has 3 heterocycles. The highest BCUT2D eigenvalue weighted by Gasteiger charge is 2.30. The van der Waals surface area contributed by atoms with Crippen LogP contribution in [0.4, 0.5) is 0 Å². The summed E-state index contributed by atoms with van der Waals surface area (Å²) in [6.07, 6.45) is 2.23. The van der Waals surface area contributed by atoms with Crippen LogP contribution in [-0.2, 0) is 4.84 Å². The molecule has 0 saturated heterocycles. The fourth-order valence-corrected chi connectivity index (χ4v) is 4.44. The summed E-state index contributed by atoms with van der Waals surface area (Å²) in [6, 6.07) is 20.9. The summed E-state index contributed by atoms with van der Waals surface area (Å²) in [7, 11) is 0. The lowest BCUT2D eigenvalue weighted by molar-refractivity contribution is 0.0861. The minimum absolute atomic E-state index is 0.195. The lowest BCUT2D eigenvalue weighted by atomic mass is 9.99. The number of rotatable bonds is 4. The van der Waals surface area contributed by atoms with Crippen LogP contribution in [0.5, 0.6) is 5.75 Å². The SMILES string of the molecule is Oc1ccccc1C1=NOC(c2cn(-c3ccccc3)nc2-c2ccc(Cl)s2)C1. The number of hydrogen-bond donors (Lipinski definition) is 1. The van der Waals surface area contributed by atoms with Crippen LogP contribution in [0.25, 0.3) is 16.3 Å². The highest BCUT2D eigenvalue weighted by molar-refractivity contribution is 7.19. The molecule has 144 valence electrons. The second kappa shape index (κ2) is 7.39. The Morgan fingerprint density at radius 3 is 2.59 bits per heavy atom. The lowest BCUT2D eigenvalue weighted by Gasteiger charge is -2.07. The molecule has 2 aromatic heterocycles. The summed E-state index contributed by atoms with van der Waals surface area (Å²) in [5.41, 5.74) is 4.12. The van der Waals surface area contributed by atoms with Gasteiger partial charge in [-0.3, -0.25) is 0 Å². The van der Waals surface area contributed by atoms with Crippen LogP contribution in [-0.4, -0.2) is 20.6 Å². The van der Waals surface area contributed by atoms with E-state index >= 15 is 0 Å². The summed E-state index contributed by atoms with van der Waals surface area (Å²) >= 11 is 7.65. The van der Waals surface area contributed by atoms with Gasteiger partial charge in [0.25, 0.3) is 0 Å². The third kappa shape index (κ3) is 3.41. The molecule has 5 nitrogen and oxygen atoms in total. The minimum Gasteiger partial charge on any atom is -0.507 e. The minimum atomic E-state index is -0.294. The van der Waals surface area contributed by atoms with Gasteiger partial charge in [0.1, 0.15) is 11.4 Å². The van der Waals surface area contributed by atoms with Crippen LogP contribution < -0.4 is 0 Å². The molecule has 1 aliphatic rings. The van der Waals surface area contributed by atoms with E-state index in [1.165, 1.54) is 11.3 Å². The highest BCUT2D eigenvalue weighted by atomic mass is 35.5. The Balaban J connectivity index is 1.53. The van der Waals surface area contributed by atoms with Gasteiger partial charge < -0.3 is 9.94 Å². The van der Waals surface area contributed by atoms with Gasteiger partial charge in [-0.15, -0.1) is 11.3 Å². The van der Waals surface area contributed by atoms with E-state index in [0.717, 1.165) is 27.5 Å². The molecule has 0 radical (unpaired) electrons. The summed E-state index contributed by atoms with van der Waals surface area (Å²) in [6.45, 7) is 0. The molecule has 4 aromatic rings. The molecule has 0 bridgehead atoms. The van der Waals surface area contributed by atoms with Crippen LogP contribution in [0, 0.1) is 0 Å². The van der Waals surface area contributed by atoms with E-state index in [1.54, 1.807) is 12.1 Å². The summed E-state index contributed by atoms with van der Waals surface area (Å²) < 4.78 is 2.55. The molecule has 1 aliphatic heterocycles. The van der Waals surface area contributed by atoms with E-state index in [2.05, 4.69) is 5.16 Å². The third-order valence-corrected chi connectivity index (χ3v) is 6.04. The number of hydrogen-bond acceptors (Lipinski definition) is 5. The average Bonchev–Trinajstić information content (AvgIpc) is 3.48. The van der Waals surface area contributed by atoms with Crippen molar-refractivity contribution in [2.45, 2.75) is 12.5 Å². The summed E-state index contributed by atoms with van der Waals surface area (Å²) in [5, 5.41) is 19.2. The van der Waals surface area contributed by atoms with Gasteiger partial charge in [0.15, 0.2) is 6.10 Å². The molecule has 0 fully saturated rings. The molecular weight excluding hydrogens is 406 g/mol. The Morgan fingerprint density at radius 2 is 1.83 bits per heavy atom. The Kier molecular flexibility index (Phi) is 4.58. The predicted octanol–water partition coefficient (Wildman–Crippen LogP) is 5.83. The number of nitrogens with zero attached hydrogens (tertiary/aromatic N) is 3. The Labute approximate surface area is 176 Å². The fraction of sp³-hybridized carbons (Fsp3) is 0.0909. The van der Waals surface area contributed by atoms with Gasteiger partial charge in [0.2, 0.25) is 0 Å². The molecule has 1 atom stereocenters. The zero-order valence-corrected chi connectivity index (χ0v) is 16.8. The lowest BCUT2D eigenvalue weighted by Crippen LogP contribution is -2.02. The van der Waals surface area contributed by atoms with Gasteiger partial charge in [0.05, 0.1) is 20.6 Å². The topological polar surface area (TPSA) is 59.6 Å². The van der Waals surface area contributed by atoms with Gasteiger partial charge in [-0.25, -0.2) is 4.68 Å². The molecule has 1 N–H and O–H groups in total. The number of thiophene rings is 1. The standard InChI is InChI=1S/C22H16ClN3O2S/c23-21-11-10-20(29-21)22-16(13-26(24-22)14-6-2-1-3-7-14)19-12-17(25-28-19)15-8-4-5-9-18(15)27/h1-11,13,19,27H,12H2. The number of halogens is 1. The maximum atomic E-state index is 10.2. The molecule has 0 saturated carbocycles. The predicted molar refractivity (Wildman–Crippen MR) is 115 cm³/mol. The number of para-hydroxylation sites is 2. The molecule has 1 unspecified atom stereocenters. The van der Waals surface area contributed by atoms with E-state index < -0.39 is 0 Å². The molecule has 5 rings (SSSR count). The van der Waals surface area contributed by atoms with Crippen LogP contribution in [0.2, 0.25) is 4.34 Å². The van der Waals surface area contributed by atoms with Crippen LogP contribution in [0.1, 0.15) is 23.7 Å². The Hall–Kier alpha value is -3.09. The fourth-order valence-electron chi connectivity index (χ4n) is 3.39. The monoisotopic (exact) mass is 421 g/mol. The molecule has 7 heteroatoms.